The average molecular weight is 899 g/mol. The second-order valence-electron chi connectivity index (χ2n) is 17.0. The van der Waals surface area contributed by atoms with Crippen molar-refractivity contribution in [3.05, 3.63) is 222 Å². The number of unbranched alkanes of at least 4 members (excludes halogenated alkanes) is 1. The number of sulfonamides is 1. The van der Waals surface area contributed by atoms with Crippen LogP contribution in [0.3, 0.4) is 0 Å². The molecular formula is C56H50N8O2S. The molecule has 0 radical (unpaired) electrons. The first kappa shape index (κ1) is 43.0. The summed E-state index contributed by atoms with van der Waals surface area (Å²) in [4.78, 5) is 7.29. The third kappa shape index (κ3) is 8.01. The highest BCUT2D eigenvalue weighted by Gasteiger charge is 2.42. The van der Waals surface area contributed by atoms with Gasteiger partial charge >= 0.3 is 0 Å². The molecule has 11 heteroatoms. The van der Waals surface area contributed by atoms with E-state index in [0.29, 0.717) is 23.4 Å². The smallest absolute Gasteiger partial charge is 0.262 e. The Morgan fingerprint density at radius 3 is 1.90 bits per heavy atom. The molecule has 0 aliphatic rings. The van der Waals surface area contributed by atoms with Crippen molar-refractivity contribution in [3.63, 3.8) is 0 Å². The molecule has 2 aromatic heterocycles. The van der Waals surface area contributed by atoms with E-state index in [1.165, 1.54) is 0 Å². The molecule has 0 amide bonds. The van der Waals surface area contributed by atoms with Gasteiger partial charge in [-0.05, 0) is 80.6 Å². The predicted octanol–water partition coefficient (Wildman–Crippen LogP) is 11.6. The number of rotatable bonds is 15. The number of imidazole rings is 1. The Morgan fingerprint density at radius 2 is 1.25 bits per heavy atom. The van der Waals surface area contributed by atoms with Crippen LogP contribution in [0.25, 0.3) is 44.3 Å². The van der Waals surface area contributed by atoms with Crippen LogP contribution >= 0.6 is 0 Å². The van der Waals surface area contributed by atoms with Gasteiger partial charge in [0.25, 0.3) is 10.0 Å². The monoisotopic (exact) mass is 898 g/mol. The first-order valence-electron chi connectivity index (χ1n) is 22.6. The molecule has 2 heterocycles. The zero-order valence-corrected chi connectivity index (χ0v) is 38.5. The quantitative estimate of drug-likeness (QED) is 0.102. The number of nitrogens with one attached hydrogen (secondary N) is 1. The van der Waals surface area contributed by atoms with Crippen LogP contribution in [0.5, 0.6) is 0 Å². The van der Waals surface area contributed by atoms with Gasteiger partial charge in [0, 0.05) is 49.1 Å². The van der Waals surface area contributed by atoms with Gasteiger partial charge in [-0.1, -0.05) is 177 Å². The van der Waals surface area contributed by atoms with Crippen LogP contribution in [-0.2, 0) is 28.5 Å². The van der Waals surface area contributed by atoms with Crippen LogP contribution in [0.15, 0.2) is 199 Å². The van der Waals surface area contributed by atoms with Crippen LogP contribution in [0.1, 0.15) is 47.8 Å². The van der Waals surface area contributed by atoms with Gasteiger partial charge in [-0.2, -0.15) is 0 Å². The highest BCUT2D eigenvalue weighted by molar-refractivity contribution is 7.93. The third-order valence-corrected chi connectivity index (χ3v) is 14.0. The number of aromatic nitrogens is 6. The molecule has 0 spiro atoms. The minimum atomic E-state index is -3.95. The van der Waals surface area contributed by atoms with Crippen LogP contribution in [0, 0.1) is 0 Å². The Hall–Kier alpha value is -7.89. The van der Waals surface area contributed by atoms with Crippen molar-refractivity contribution in [2.24, 2.45) is 0 Å². The number of anilines is 2. The van der Waals surface area contributed by atoms with Gasteiger partial charge in [0.15, 0.2) is 5.82 Å². The summed E-state index contributed by atoms with van der Waals surface area (Å²) in [6.45, 7) is 2.73. The van der Waals surface area contributed by atoms with E-state index in [4.69, 9.17) is 15.3 Å². The number of hydrogen-bond acceptors (Lipinski definition) is 7. The fourth-order valence-corrected chi connectivity index (χ4v) is 10.7. The predicted molar refractivity (Wildman–Crippen MR) is 270 cm³/mol. The molecule has 0 unspecified atom stereocenters. The molecule has 0 aliphatic carbocycles. The summed E-state index contributed by atoms with van der Waals surface area (Å²) in [5.41, 5.74) is 9.28. The molecule has 10 aromatic rings. The first-order valence-corrected chi connectivity index (χ1v) is 24.1. The Labute approximate surface area is 391 Å². The van der Waals surface area contributed by atoms with E-state index in [1.807, 2.05) is 90.4 Å². The standard InChI is InChI=1S/C56H50N8O2S/c1-4-5-31-54-57-50-37-36-45(59-67(65,66)53-30-18-27-47-48(53)28-17-29-51(47)62(2)3)38-52(50)63(54)39-40-32-34-41(35-33-40)46-25-15-16-26-49(46)55-58-60-61-64(55)56(42-19-9-6-10-20-42,43-21-11-7-12-22-43)44-23-13-8-14-24-44/h6-30,32-38,59H,4-5,31,39H2,1-3H3. The largest absolute Gasteiger partial charge is 0.377 e. The van der Waals surface area contributed by atoms with Crippen molar-refractivity contribution in [1.29, 1.82) is 0 Å². The SMILES string of the molecule is CCCCc1nc2ccc(NS(=O)(=O)c3cccc4c(N(C)C)cccc34)cc2n1Cc1ccc(-c2ccccc2-c2nnnn2C(c2ccccc2)(c2ccccc2)c2ccccc2)cc1. The van der Waals surface area contributed by atoms with Crippen LogP contribution < -0.4 is 9.62 Å². The van der Waals surface area contributed by atoms with Gasteiger partial charge in [-0.15, -0.1) is 5.10 Å². The number of fused-ring (bicyclic) bond motifs is 2. The van der Waals surface area contributed by atoms with Crippen LogP contribution in [-0.4, -0.2) is 52.3 Å². The molecule has 8 aromatic carbocycles. The van der Waals surface area contributed by atoms with Crippen molar-refractivity contribution in [2.75, 3.05) is 23.7 Å². The van der Waals surface area contributed by atoms with E-state index >= 15 is 0 Å². The molecule has 0 bridgehead atoms. The molecule has 10 rings (SSSR count). The number of aryl methyl sites for hydroxylation is 1. The Balaban J connectivity index is 1.00. The summed E-state index contributed by atoms with van der Waals surface area (Å²) in [6.07, 6.45) is 2.80. The summed E-state index contributed by atoms with van der Waals surface area (Å²) >= 11 is 0. The van der Waals surface area contributed by atoms with E-state index in [2.05, 4.69) is 131 Å². The van der Waals surface area contributed by atoms with E-state index in [-0.39, 0.29) is 4.90 Å². The van der Waals surface area contributed by atoms with Crippen molar-refractivity contribution in [2.45, 2.75) is 43.2 Å². The van der Waals surface area contributed by atoms with Gasteiger partial charge < -0.3 is 9.47 Å². The lowest BCUT2D eigenvalue weighted by molar-refractivity contribution is 0.451. The summed E-state index contributed by atoms with van der Waals surface area (Å²) < 4.78 is 35.3. The molecule has 1 N–H and O–H groups in total. The average Bonchev–Trinajstić information content (AvgIpc) is 3.99. The molecule has 0 saturated carbocycles. The second kappa shape index (κ2) is 18.2. The second-order valence-corrected chi connectivity index (χ2v) is 18.7. The fraction of sp³-hybridized carbons (Fsp3) is 0.143. The van der Waals surface area contributed by atoms with Crippen LogP contribution in [0.4, 0.5) is 11.4 Å². The Kier molecular flexibility index (Phi) is 11.7. The van der Waals surface area contributed by atoms with Crippen molar-refractivity contribution < 1.29 is 8.42 Å². The summed E-state index contributed by atoms with van der Waals surface area (Å²) in [5.74, 6) is 1.59. The maximum Gasteiger partial charge on any atom is 0.262 e. The maximum atomic E-state index is 14.1. The lowest BCUT2D eigenvalue weighted by Gasteiger charge is -2.36. The lowest BCUT2D eigenvalue weighted by atomic mass is 9.77. The molecule has 10 nitrogen and oxygen atoms in total. The van der Waals surface area contributed by atoms with E-state index in [0.717, 1.165) is 86.1 Å². The number of benzene rings is 8. The molecule has 0 saturated heterocycles. The van der Waals surface area contributed by atoms with E-state index < -0.39 is 15.6 Å². The molecule has 0 fully saturated rings. The minimum absolute atomic E-state index is 0.229. The first-order chi connectivity index (χ1) is 32.8. The number of nitrogens with zero attached hydrogens (tertiary/aromatic N) is 7. The Bertz CT molecular complexity index is 3350. The van der Waals surface area contributed by atoms with Gasteiger partial charge in [-0.3, -0.25) is 4.72 Å². The zero-order chi connectivity index (χ0) is 46.0. The molecule has 332 valence electrons. The molecule has 67 heavy (non-hydrogen) atoms. The molecular weight excluding hydrogens is 849 g/mol. The van der Waals surface area contributed by atoms with Crippen LogP contribution in [0.2, 0.25) is 0 Å². The number of tetrazole rings is 1. The fourth-order valence-electron chi connectivity index (χ4n) is 9.43. The van der Waals surface area contributed by atoms with Gasteiger partial charge in [0.2, 0.25) is 0 Å². The summed E-state index contributed by atoms with van der Waals surface area (Å²) in [7, 11) is -0.0347. The van der Waals surface area contributed by atoms with E-state index in [1.54, 1.807) is 18.2 Å². The normalized spacial score (nSPS) is 11.9. The zero-order valence-electron chi connectivity index (χ0n) is 37.7. The van der Waals surface area contributed by atoms with Gasteiger partial charge in [-0.25, -0.2) is 18.1 Å². The molecule has 0 atom stereocenters. The Morgan fingerprint density at radius 1 is 0.642 bits per heavy atom. The lowest BCUT2D eigenvalue weighted by Crippen LogP contribution is -2.39. The van der Waals surface area contributed by atoms with Crippen molar-refractivity contribution >= 4 is 43.2 Å². The molecule has 0 aliphatic heterocycles. The minimum Gasteiger partial charge on any atom is -0.377 e. The number of hydrogen-bond donors (Lipinski definition) is 1. The highest BCUT2D eigenvalue weighted by Crippen LogP contribution is 2.43. The topological polar surface area (TPSA) is 111 Å². The summed E-state index contributed by atoms with van der Waals surface area (Å²) in [6, 6.07) is 64.9. The van der Waals surface area contributed by atoms with Gasteiger partial charge in [0.1, 0.15) is 11.4 Å². The maximum absolute atomic E-state index is 14.1. The van der Waals surface area contributed by atoms with E-state index in [9.17, 15) is 8.42 Å². The van der Waals surface area contributed by atoms with Gasteiger partial charge in [0.05, 0.1) is 21.6 Å². The third-order valence-electron chi connectivity index (χ3n) is 12.6. The highest BCUT2D eigenvalue weighted by atomic mass is 32.2. The van der Waals surface area contributed by atoms with Crippen molar-refractivity contribution in [3.8, 4) is 22.5 Å². The van der Waals surface area contributed by atoms with Crippen molar-refractivity contribution in [1.82, 2.24) is 29.8 Å². The summed E-state index contributed by atoms with van der Waals surface area (Å²) in [5, 5.41) is 15.5.